The Morgan fingerprint density at radius 3 is 3.14 bits per heavy atom. The summed E-state index contributed by atoms with van der Waals surface area (Å²) in [6, 6.07) is 5.90. The highest BCUT2D eigenvalue weighted by Crippen LogP contribution is 2.30. The number of carbonyl (C=O) groups is 1. The lowest BCUT2D eigenvalue weighted by atomic mass is 10.1. The van der Waals surface area contributed by atoms with E-state index in [4.69, 9.17) is 4.74 Å². The number of carbonyl (C=O) groups excluding carboxylic acids is 1. The summed E-state index contributed by atoms with van der Waals surface area (Å²) in [7, 11) is 1.84. The number of fused-ring (bicyclic) bond motifs is 1. The van der Waals surface area contributed by atoms with Crippen LogP contribution in [0.25, 0.3) is 0 Å². The van der Waals surface area contributed by atoms with Gasteiger partial charge in [-0.25, -0.2) is 4.98 Å². The molecule has 1 aromatic heterocycles. The third kappa shape index (κ3) is 3.03. The van der Waals surface area contributed by atoms with Crippen molar-refractivity contribution in [3.05, 3.63) is 35.9 Å². The summed E-state index contributed by atoms with van der Waals surface area (Å²) in [5.74, 6) is 1.33. The number of hydrogen-bond acceptors (Lipinski definition) is 5. The van der Waals surface area contributed by atoms with Crippen LogP contribution in [0.3, 0.4) is 0 Å². The highest BCUT2D eigenvalue weighted by Gasteiger charge is 2.17. The molecule has 1 atom stereocenters. The van der Waals surface area contributed by atoms with Crippen LogP contribution in [-0.2, 0) is 18.4 Å². The van der Waals surface area contributed by atoms with E-state index in [9.17, 15) is 4.79 Å². The standard InChI is InChI=1S/C14H17N5O2/c1-9(15-6-13-16-8-19(2)18-13)10-3-4-12-11(5-10)17-14(20)7-21-12/h3-5,8-9,15H,6-7H2,1-2H3,(H,17,20). The molecule has 0 spiro atoms. The van der Waals surface area contributed by atoms with Gasteiger partial charge in [0.1, 0.15) is 12.1 Å². The second kappa shape index (κ2) is 5.53. The van der Waals surface area contributed by atoms with Gasteiger partial charge in [0.2, 0.25) is 0 Å². The number of anilines is 1. The molecule has 0 bridgehead atoms. The Bertz CT molecular complexity index is 667. The molecule has 2 N–H and O–H groups in total. The highest BCUT2D eigenvalue weighted by atomic mass is 16.5. The Morgan fingerprint density at radius 1 is 1.52 bits per heavy atom. The molecular weight excluding hydrogens is 270 g/mol. The van der Waals surface area contributed by atoms with E-state index in [1.165, 1.54) is 0 Å². The second-order valence-corrected chi connectivity index (χ2v) is 5.03. The van der Waals surface area contributed by atoms with Crippen LogP contribution in [-0.4, -0.2) is 27.3 Å². The Morgan fingerprint density at radius 2 is 2.38 bits per heavy atom. The van der Waals surface area contributed by atoms with E-state index in [1.54, 1.807) is 11.0 Å². The zero-order valence-electron chi connectivity index (χ0n) is 12.0. The molecule has 2 heterocycles. The first kappa shape index (κ1) is 13.6. The minimum atomic E-state index is -0.127. The van der Waals surface area contributed by atoms with E-state index < -0.39 is 0 Å². The second-order valence-electron chi connectivity index (χ2n) is 5.03. The van der Waals surface area contributed by atoms with E-state index >= 15 is 0 Å². The Balaban J connectivity index is 1.68. The van der Waals surface area contributed by atoms with Gasteiger partial charge in [-0.1, -0.05) is 6.07 Å². The predicted molar refractivity (Wildman–Crippen MR) is 76.8 cm³/mol. The van der Waals surface area contributed by atoms with Crippen molar-refractivity contribution < 1.29 is 9.53 Å². The molecule has 2 aromatic rings. The minimum absolute atomic E-state index is 0.0749. The summed E-state index contributed by atoms with van der Waals surface area (Å²) >= 11 is 0. The molecule has 0 saturated heterocycles. The summed E-state index contributed by atoms with van der Waals surface area (Å²) < 4.78 is 7.02. The van der Waals surface area contributed by atoms with Gasteiger partial charge in [-0.05, 0) is 24.6 Å². The van der Waals surface area contributed by atoms with E-state index in [0.29, 0.717) is 18.0 Å². The average Bonchev–Trinajstić information content (AvgIpc) is 2.89. The summed E-state index contributed by atoms with van der Waals surface area (Å²) in [6.45, 7) is 2.71. The maximum Gasteiger partial charge on any atom is 0.262 e. The molecule has 1 aliphatic heterocycles. The van der Waals surface area contributed by atoms with Gasteiger partial charge in [-0.3, -0.25) is 9.48 Å². The Kier molecular flexibility index (Phi) is 3.57. The predicted octanol–water partition coefficient (Wildman–Crippen LogP) is 0.997. The molecule has 0 radical (unpaired) electrons. The third-order valence-corrected chi connectivity index (χ3v) is 3.35. The molecule has 1 amide bonds. The summed E-state index contributed by atoms with van der Waals surface area (Å²) in [6.07, 6.45) is 1.67. The molecule has 3 rings (SSSR count). The number of nitrogens with zero attached hydrogens (tertiary/aromatic N) is 3. The lowest BCUT2D eigenvalue weighted by Gasteiger charge is -2.20. The van der Waals surface area contributed by atoms with Crippen LogP contribution in [0.2, 0.25) is 0 Å². The first-order chi connectivity index (χ1) is 10.1. The number of nitrogens with one attached hydrogen (secondary N) is 2. The molecule has 1 aromatic carbocycles. The van der Waals surface area contributed by atoms with Gasteiger partial charge in [-0.15, -0.1) is 0 Å². The van der Waals surface area contributed by atoms with Crippen molar-refractivity contribution in [3.8, 4) is 5.75 Å². The van der Waals surface area contributed by atoms with Gasteiger partial charge in [0.25, 0.3) is 5.91 Å². The van der Waals surface area contributed by atoms with E-state index in [-0.39, 0.29) is 18.6 Å². The quantitative estimate of drug-likeness (QED) is 0.876. The van der Waals surface area contributed by atoms with Crippen molar-refractivity contribution in [1.29, 1.82) is 0 Å². The van der Waals surface area contributed by atoms with Crippen LogP contribution in [0.15, 0.2) is 24.5 Å². The van der Waals surface area contributed by atoms with Gasteiger partial charge in [0, 0.05) is 13.1 Å². The monoisotopic (exact) mass is 287 g/mol. The first-order valence-electron chi connectivity index (χ1n) is 6.76. The zero-order valence-corrected chi connectivity index (χ0v) is 12.0. The molecule has 0 aliphatic carbocycles. The van der Waals surface area contributed by atoms with Crippen LogP contribution >= 0.6 is 0 Å². The highest BCUT2D eigenvalue weighted by molar-refractivity contribution is 5.95. The molecule has 7 nitrogen and oxygen atoms in total. The Labute approximate surface area is 122 Å². The number of aromatic nitrogens is 3. The van der Waals surface area contributed by atoms with Crippen LogP contribution < -0.4 is 15.4 Å². The van der Waals surface area contributed by atoms with Crippen LogP contribution in [0.4, 0.5) is 5.69 Å². The molecular formula is C14H17N5O2. The van der Waals surface area contributed by atoms with E-state index in [2.05, 4.69) is 27.6 Å². The fourth-order valence-electron chi connectivity index (χ4n) is 2.20. The topological polar surface area (TPSA) is 81.1 Å². The molecule has 0 fully saturated rings. The Hall–Kier alpha value is -2.41. The van der Waals surface area contributed by atoms with Gasteiger partial charge < -0.3 is 15.4 Å². The maximum atomic E-state index is 11.3. The van der Waals surface area contributed by atoms with Crippen molar-refractivity contribution in [2.75, 3.05) is 11.9 Å². The van der Waals surface area contributed by atoms with Gasteiger partial charge in [-0.2, -0.15) is 5.10 Å². The molecule has 7 heteroatoms. The molecule has 0 saturated carbocycles. The maximum absolute atomic E-state index is 11.3. The molecule has 1 unspecified atom stereocenters. The zero-order chi connectivity index (χ0) is 14.8. The van der Waals surface area contributed by atoms with E-state index in [1.807, 2.05) is 25.2 Å². The summed E-state index contributed by atoms with van der Waals surface area (Å²) in [4.78, 5) is 15.5. The number of hydrogen-bond donors (Lipinski definition) is 2. The van der Waals surface area contributed by atoms with Crippen molar-refractivity contribution in [2.45, 2.75) is 19.5 Å². The van der Waals surface area contributed by atoms with E-state index in [0.717, 1.165) is 11.4 Å². The number of amides is 1. The van der Waals surface area contributed by atoms with Crippen molar-refractivity contribution in [1.82, 2.24) is 20.1 Å². The van der Waals surface area contributed by atoms with Crippen LogP contribution in [0, 0.1) is 0 Å². The normalized spacial score (nSPS) is 15.0. The fourth-order valence-corrected chi connectivity index (χ4v) is 2.20. The summed E-state index contributed by atoms with van der Waals surface area (Å²) in [5, 5.41) is 10.4. The lowest BCUT2D eigenvalue weighted by Crippen LogP contribution is -2.26. The number of ether oxygens (including phenoxy) is 1. The van der Waals surface area contributed by atoms with Crippen molar-refractivity contribution in [3.63, 3.8) is 0 Å². The van der Waals surface area contributed by atoms with Gasteiger partial charge in [0.05, 0.1) is 12.2 Å². The SMILES string of the molecule is CC(NCc1ncn(C)n1)c1ccc2c(c1)NC(=O)CO2. The fraction of sp³-hybridized carbons (Fsp3) is 0.357. The first-order valence-corrected chi connectivity index (χ1v) is 6.76. The molecule has 110 valence electrons. The smallest absolute Gasteiger partial charge is 0.262 e. The molecule has 21 heavy (non-hydrogen) atoms. The lowest BCUT2D eigenvalue weighted by molar-refractivity contribution is -0.118. The number of benzene rings is 1. The average molecular weight is 287 g/mol. The van der Waals surface area contributed by atoms with Gasteiger partial charge >= 0.3 is 0 Å². The van der Waals surface area contributed by atoms with Crippen molar-refractivity contribution >= 4 is 11.6 Å². The van der Waals surface area contributed by atoms with Crippen LogP contribution in [0.1, 0.15) is 24.4 Å². The summed E-state index contributed by atoms with van der Waals surface area (Å²) in [5.41, 5.74) is 1.78. The third-order valence-electron chi connectivity index (χ3n) is 3.35. The van der Waals surface area contributed by atoms with Crippen LogP contribution in [0.5, 0.6) is 5.75 Å². The largest absolute Gasteiger partial charge is 0.482 e. The molecule has 1 aliphatic rings. The van der Waals surface area contributed by atoms with Crippen molar-refractivity contribution in [2.24, 2.45) is 7.05 Å². The number of rotatable bonds is 4. The van der Waals surface area contributed by atoms with Gasteiger partial charge in [0.15, 0.2) is 12.4 Å². The minimum Gasteiger partial charge on any atom is -0.482 e. The number of aryl methyl sites for hydroxylation is 1.